The van der Waals surface area contributed by atoms with E-state index in [1.165, 1.54) is 10.5 Å². The fourth-order valence-corrected chi connectivity index (χ4v) is 2.98. The summed E-state index contributed by atoms with van der Waals surface area (Å²) in [6, 6.07) is 7.94. The summed E-state index contributed by atoms with van der Waals surface area (Å²) in [7, 11) is 5.08. The van der Waals surface area contributed by atoms with Gasteiger partial charge in [-0.05, 0) is 31.0 Å². The van der Waals surface area contributed by atoms with Gasteiger partial charge in [0.05, 0.1) is 13.7 Å². The van der Waals surface area contributed by atoms with Crippen molar-refractivity contribution in [2.45, 2.75) is 13.3 Å². The first-order valence-corrected chi connectivity index (χ1v) is 10.2. The molecular formula is C21H34IN5O4. The molecule has 0 atom stereocenters. The predicted molar refractivity (Wildman–Crippen MR) is 131 cm³/mol. The molecule has 2 rings (SSSR count). The number of ether oxygens (including phenoxy) is 2. The van der Waals surface area contributed by atoms with E-state index in [0.29, 0.717) is 45.3 Å². The summed E-state index contributed by atoms with van der Waals surface area (Å²) < 4.78 is 10.3. The van der Waals surface area contributed by atoms with Crippen molar-refractivity contribution in [1.29, 1.82) is 0 Å². The Morgan fingerprint density at radius 1 is 1.10 bits per heavy atom. The predicted octanol–water partition coefficient (Wildman–Crippen LogP) is 1.66. The van der Waals surface area contributed by atoms with Gasteiger partial charge in [0.2, 0.25) is 5.91 Å². The summed E-state index contributed by atoms with van der Waals surface area (Å²) in [6.45, 7) is 5.29. The van der Waals surface area contributed by atoms with E-state index in [9.17, 15) is 9.59 Å². The van der Waals surface area contributed by atoms with Crippen molar-refractivity contribution in [2.75, 3.05) is 67.1 Å². The number of halogens is 1. The van der Waals surface area contributed by atoms with Gasteiger partial charge in [0.1, 0.15) is 12.3 Å². The number of likely N-dealkylation sites (N-methyl/N-ethyl adjacent to an activating group) is 1. The average molecular weight is 547 g/mol. The molecule has 1 N–H and O–H groups in total. The summed E-state index contributed by atoms with van der Waals surface area (Å²) in [4.78, 5) is 33.7. The third kappa shape index (κ3) is 8.80. The van der Waals surface area contributed by atoms with E-state index in [0.717, 1.165) is 12.2 Å². The Kier molecular flexibility index (Phi) is 12.1. The zero-order chi connectivity index (χ0) is 21.9. The van der Waals surface area contributed by atoms with Gasteiger partial charge in [-0.25, -0.2) is 9.79 Å². The molecule has 1 heterocycles. The molecule has 0 aliphatic carbocycles. The SMILES string of the molecule is CCOC(=O)N1CCN(C(=NCC(=O)N(C)C)NCCc2ccc(OC)cc2)CC1.I. The van der Waals surface area contributed by atoms with E-state index < -0.39 is 0 Å². The molecule has 0 radical (unpaired) electrons. The first-order valence-electron chi connectivity index (χ1n) is 10.2. The molecule has 1 aliphatic rings. The number of piperazine rings is 1. The second kappa shape index (κ2) is 13.9. The van der Waals surface area contributed by atoms with Gasteiger partial charge in [0, 0.05) is 46.8 Å². The van der Waals surface area contributed by atoms with E-state index in [1.54, 1.807) is 33.0 Å². The lowest BCUT2D eigenvalue weighted by Crippen LogP contribution is -2.54. The van der Waals surface area contributed by atoms with Crippen molar-refractivity contribution in [3.05, 3.63) is 29.8 Å². The third-order valence-electron chi connectivity index (χ3n) is 4.82. The molecule has 1 saturated heterocycles. The van der Waals surface area contributed by atoms with Crippen LogP contribution in [0.3, 0.4) is 0 Å². The Hall–Kier alpha value is -2.24. The first kappa shape index (κ1) is 26.8. The molecule has 1 aliphatic heterocycles. The van der Waals surface area contributed by atoms with Gasteiger partial charge in [0.15, 0.2) is 5.96 Å². The summed E-state index contributed by atoms with van der Waals surface area (Å²) in [6.07, 6.45) is 0.527. The lowest BCUT2D eigenvalue weighted by atomic mass is 10.1. The molecule has 0 saturated carbocycles. The van der Waals surface area contributed by atoms with E-state index in [4.69, 9.17) is 9.47 Å². The summed E-state index contributed by atoms with van der Waals surface area (Å²) >= 11 is 0. The van der Waals surface area contributed by atoms with Crippen LogP contribution in [-0.4, -0.2) is 99.7 Å². The Morgan fingerprint density at radius 2 is 1.71 bits per heavy atom. The van der Waals surface area contributed by atoms with Crippen LogP contribution in [0.25, 0.3) is 0 Å². The molecule has 1 aromatic carbocycles. The molecule has 1 fully saturated rings. The maximum absolute atomic E-state index is 12.0. The number of benzene rings is 1. The molecule has 0 spiro atoms. The number of hydrogen-bond donors (Lipinski definition) is 1. The molecule has 9 nitrogen and oxygen atoms in total. The minimum absolute atomic E-state index is 0. The average Bonchev–Trinajstić information content (AvgIpc) is 2.76. The van der Waals surface area contributed by atoms with Gasteiger partial charge < -0.3 is 29.5 Å². The fourth-order valence-electron chi connectivity index (χ4n) is 2.98. The number of carbonyl (C=O) groups is 2. The van der Waals surface area contributed by atoms with Crippen molar-refractivity contribution < 1.29 is 19.1 Å². The second-order valence-electron chi connectivity index (χ2n) is 7.13. The van der Waals surface area contributed by atoms with Crippen molar-refractivity contribution in [3.8, 4) is 5.75 Å². The highest BCUT2D eigenvalue weighted by atomic mass is 127. The maximum atomic E-state index is 12.0. The Labute approximate surface area is 201 Å². The van der Waals surface area contributed by atoms with E-state index >= 15 is 0 Å². The number of amides is 2. The molecule has 2 amide bonds. The fraction of sp³-hybridized carbons (Fsp3) is 0.571. The summed E-state index contributed by atoms with van der Waals surface area (Å²) in [5, 5.41) is 3.37. The van der Waals surface area contributed by atoms with Crippen LogP contribution in [0.5, 0.6) is 5.75 Å². The van der Waals surface area contributed by atoms with E-state index in [-0.39, 0.29) is 42.5 Å². The number of rotatable bonds is 7. The number of hydrogen-bond acceptors (Lipinski definition) is 5. The highest BCUT2D eigenvalue weighted by Crippen LogP contribution is 2.11. The van der Waals surface area contributed by atoms with Gasteiger partial charge in [-0.1, -0.05) is 12.1 Å². The van der Waals surface area contributed by atoms with Crippen LogP contribution in [0.4, 0.5) is 4.79 Å². The van der Waals surface area contributed by atoms with Crippen LogP contribution < -0.4 is 10.1 Å². The smallest absolute Gasteiger partial charge is 0.409 e. The molecular weight excluding hydrogens is 513 g/mol. The lowest BCUT2D eigenvalue weighted by Gasteiger charge is -2.36. The maximum Gasteiger partial charge on any atom is 0.409 e. The van der Waals surface area contributed by atoms with Gasteiger partial charge in [-0.3, -0.25) is 4.79 Å². The third-order valence-corrected chi connectivity index (χ3v) is 4.82. The largest absolute Gasteiger partial charge is 0.497 e. The van der Waals surface area contributed by atoms with E-state index in [1.807, 2.05) is 24.3 Å². The molecule has 10 heteroatoms. The minimum Gasteiger partial charge on any atom is -0.497 e. The van der Waals surface area contributed by atoms with Gasteiger partial charge >= 0.3 is 6.09 Å². The van der Waals surface area contributed by atoms with E-state index in [2.05, 4.69) is 15.2 Å². The Balaban J connectivity index is 0.00000480. The van der Waals surface area contributed by atoms with Gasteiger partial charge in [0.25, 0.3) is 0 Å². The Morgan fingerprint density at radius 3 is 2.26 bits per heavy atom. The zero-order valence-electron chi connectivity index (χ0n) is 18.8. The normalized spacial score (nSPS) is 13.9. The number of aliphatic imine (C=N–C) groups is 1. The molecule has 31 heavy (non-hydrogen) atoms. The number of guanidine groups is 1. The van der Waals surface area contributed by atoms with Gasteiger partial charge in [-0.2, -0.15) is 0 Å². The number of nitrogens with zero attached hydrogens (tertiary/aromatic N) is 4. The standard InChI is InChI=1S/C21H33N5O4.HI/c1-5-30-21(28)26-14-12-25(13-15-26)20(23-16-19(27)24(2)3)22-11-10-17-6-8-18(29-4)9-7-17;/h6-9H,5,10-16H2,1-4H3,(H,22,23);1H. The lowest BCUT2D eigenvalue weighted by molar-refractivity contribution is -0.127. The number of methoxy groups -OCH3 is 1. The van der Waals surface area contributed by atoms with Gasteiger partial charge in [-0.15, -0.1) is 24.0 Å². The van der Waals surface area contributed by atoms with Crippen molar-refractivity contribution in [3.63, 3.8) is 0 Å². The van der Waals surface area contributed by atoms with Crippen molar-refractivity contribution in [1.82, 2.24) is 20.0 Å². The highest BCUT2D eigenvalue weighted by molar-refractivity contribution is 14.0. The Bertz CT molecular complexity index is 719. The molecule has 0 unspecified atom stereocenters. The van der Waals surface area contributed by atoms with Crippen LogP contribution >= 0.6 is 24.0 Å². The number of carbonyl (C=O) groups excluding carboxylic acids is 2. The highest BCUT2D eigenvalue weighted by Gasteiger charge is 2.24. The topological polar surface area (TPSA) is 86.7 Å². The molecule has 0 bridgehead atoms. The van der Waals surface area contributed by atoms with Crippen molar-refractivity contribution in [2.24, 2.45) is 4.99 Å². The molecule has 1 aromatic rings. The first-order chi connectivity index (χ1) is 14.4. The monoisotopic (exact) mass is 547 g/mol. The van der Waals surface area contributed by atoms with Crippen LogP contribution in [0.1, 0.15) is 12.5 Å². The number of nitrogens with one attached hydrogen (secondary N) is 1. The van der Waals surface area contributed by atoms with Crippen LogP contribution in [0, 0.1) is 0 Å². The second-order valence-corrected chi connectivity index (χ2v) is 7.13. The van der Waals surface area contributed by atoms with Crippen LogP contribution in [0.15, 0.2) is 29.3 Å². The summed E-state index contributed by atoms with van der Waals surface area (Å²) in [5.41, 5.74) is 1.18. The van der Waals surface area contributed by atoms with Crippen LogP contribution in [-0.2, 0) is 16.0 Å². The quantitative estimate of drug-likeness (QED) is 0.318. The molecule has 174 valence electrons. The summed E-state index contributed by atoms with van der Waals surface area (Å²) in [5.74, 6) is 1.45. The van der Waals surface area contributed by atoms with Crippen molar-refractivity contribution >= 4 is 41.9 Å². The molecule has 0 aromatic heterocycles. The zero-order valence-corrected chi connectivity index (χ0v) is 21.1. The minimum atomic E-state index is -0.286. The van der Waals surface area contributed by atoms with Crippen LogP contribution in [0.2, 0.25) is 0 Å².